The lowest BCUT2D eigenvalue weighted by Gasteiger charge is -2.13. The summed E-state index contributed by atoms with van der Waals surface area (Å²) < 4.78 is 97.7. The standard InChI is InChI=1S/C13H17NO3.2C6H6.3C2H3F3.C2H4O.2C2H6/c1-4-12(9(2)15)10-6-5-7-11(8-10)14-13(16)17-3;2*1-2-4-6-5-3-1;3*1-2(3,4)5;1-2-3;2*1-2/h5-8,12H,4H2,1-3H3,(H,14,16);2*1-6H;3*1H3;2H,1H3;2*1-2H3. The summed E-state index contributed by atoms with van der Waals surface area (Å²) in [7, 11) is 1.31. The number of anilines is 1. The number of hydrogen-bond acceptors (Lipinski definition) is 4. The molecule has 14 heteroatoms. The molecule has 0 saturated carbocycles. The van der Waals surface area contributed by atoms with Crippen LogP contribution in [0.3, 0.4) is 0 Å². The molecule has 1 N–H and O–H groups in total. The number of benzene rings is 3. The predicted molar refractivity (Wildman–Crippen MR) is 189 cm³/mol. The van der Waals surface area contributed by atoms with Gasteiger partial charge in [-0.05, 0) is 38.0 Å². The van der Waals surface area contributed by atoms with Gasteiger partial charge in [0.05, 0.1) is 7.11 Å². The molecule has 1 atom stereocenters. The molecule has 0 aliphatic rings. The van der Waals surface area contributed by atoms with Crippen LogP contribution in [0.1, 0.15) is 87.1 Å². The largest absolute Gasteiger partial charge is 0.453 e. The minimum Gasteiger partial charge on any atom is -0.453 e. The van der Waals surface area contributed by atoms with Crippen molar-refractivity contribution >= 4 is 23.9 Å². The molecule has 3 aromatic carbocycles. The third-order valence-electron chi connectivity index (χ3n) is 3.95. The fourth-order valence-electron chi connectivity index (χ4n) is 2.53. The van der Waals surface area contributed by atoms with Gasteiger partial charge in [-0.2, -0.15) is 39.5 Å². The molecular weight excluding hydrogens is 693 g/mol. The van der Waals surface area contributed by atoms with E-state index in [1.807, 2.05) is 120 Å². The highest BCUT2D eigenvalue weighted by Crippen LogP contribution is 2.23. The molecule has 0 aliphatic heterocycles. The Balaban J connectivity index is -0.000000125. The number of hydrogen-bond donors (Lipinski definition) is 1. The number of ketones is 1. The number of rotatable bonds is 4. The van der Waals surface area contributed by atoms with E-state index in [-0.39, 0.29) is 32.5 Å². The number of Topliss-reactive ketones (excluding diaryl/α,β-unsaturated/α-hetero) is 1. The lowest BCUT2D eigenvalue weighted by molar-refractivity contribution is -0.118. The zero-order chi connectivity index (χ0) is 41.5. The van der Waals surface area contributed by atoms with E-state index in [1.54, 1.807) is 19.1 Å². The van der Waals surface area contributed by atoms with Crippen LogP contribution in [-0.2, 0) is 14.3 Å². The topological polar surface area (TPSA) is 72.5 Å². The Bertz CT molecular complexity index is 1030. The molecule has 0 radical (unpaired) electrons. The number of carbonyl (C=O) groups is 3. The Morgan fingerprint density at radius 3 is 1.12 bits per heavy atom. The van der Waals surface area contributed by atoms with Gasteiger partial charge in [-0.15, -0.1) is 0 Å². The third kappa shape index (κ3) is 76.8. The Labute approximate surface area is 297 Å². The molecule has 0 heterocycles. The highest BCUT2D eigenvalue weighted by Gasteiger charge is 2.17. The Hall–Kier alpha value is -4.36. The van der Waals surface area contributed by atoms with E-state index in [0.717, 1.165) is 18.3 Å². The number of methoxy groups -OCH3 is 1. The van der Waals surface area contributed by atoms with Crippen molar-refractivity contribution in [2.24, 2.45) is 0 Å². The summed E-state index contributed by atoms with van der Waals surface area (Å²) >= 11 is 0. The Kier molecular flexibility index (Phi) is 44.3. The van der Waals surface area contributed by atoms with Crippen molar-refractivity contribution < 1.29 is 58.6 Å². The maximum atomic E-state index is 11.5. The number of aldehydes is 1. The second-order valence-electron chi connectivity index (χ2n) is 8.70. The van der Waals surface area contributed by atoms with Crippen LogP contribution in [0.4, 0.5) is 50.0 Å². The van der Waals surface area contributed by atoms with Gasteiger partial charge in [-0.1, -0.05) is 120 Å². The number of ether oxygens (including phenoxy) is 1. The van der Waals surface area contributed by atoms with Crippen molar-refractivity contribution in [3.8, 4) is 0 Å². The van der Waals surface area contributed by atoms with E-state index in [4.69, 9.17) is 4.79 Å². The molecule has 0 saturated heterocycles. The van der Waals surface area contributed by atoms with E-state index in [2.05, 4.69) is 10.1 Å². The lowest BCUT2D eigenvalue weighted by atomic mass is 9.93. The third-order valence-corrected chi connectivity index (χ3v) is 3.95. The van der Waals surface area contributed by atoms with Gasteiger partial charge in [0, 0.05) is 32.4 Å². The van der Waals surface area contributed by atoms with Crippen LogP contribution in [0.15, 0.2) is 97.1 Å². The quantitative estimate of drug-likeness (QED) is 0.213. The highest BCUT2D eigenvalue weighted by molar-refractivity contribution is 5.86. The smallest absolute Gasteiger partial charge is 0.411 e. The molecule has 1 unspecified atom stereocenters. The first-order valence-electron chi connectivity index (χ1n) is 15.5. The zero-order valence-corrected chi connectivity index (χ0v) is 31.1. The molecular formula is C37H54F9NO4. The van der Waals surface area contributed by atoms with Crippen LogP contribution < -0.4 is 5.32 Å². The van der Waals surface area contributed by atoms with Crippen molar-refractivity contribution in [2.75, 3.05) is 12.4 Å². The summed E-state index contributed by atoms with van der Waals surface area (Å²) in [4.78, 5) is 31.3. The zero-order valence-electron chi connectivity index (χ0n) is 31.1. The Morgan fingerprint density at radius 1 is 0.667 bits per heavy atom. The molecule has 3 rings (SSSR count). The van der Waals surface area contributed by atoms with Crippen molar-refractivity contribution in [1.82, 2.24) is 0 Å². The molecule has 0 fully saturated rings. The Morgan fingerprint density at radius 2 is 0.922 bits per heavy atom. The van der Waals surface area contributed by atoms with Gasteiger partial charge in [-0.3, -0.25) is 10.1 Å². The average molecular weight is 748 g/mol. The number of halogens is 9. The van der Waals surface area contributed by atoms with Crippen molar-refractivity contribution in [1.29, 1.82) is 0 Å². The molecule has 51 heavy (non-hydrogen) atoms. The van der Waals surface area contributed by atoms with Gasteiger partial charge < -0.3 is 9.53 Å². The lowest BCUT2D eigenvalue weighted by Crippen LogP contribution is -2.12. The van der Waals surface area contributed by atoms with Gasteiger partial charge in [0.25, 0.3) is 0 Å². The van der Waals surface area contributed by atoms with E-state index < -0.39 is 24.6 Å². The maximum Gasteiger partial charge on any atom is 0.411 e. The summed E-state index contributed by atoms with van der Waals surface area (Å²) in [5.74, 6) is 0.0112. The molecule has 0 aliphatic carbocycles. The minimum atomic E-state index is -4.00. The van der Waals surface area contributed by atoms with Crippen LogP contribution in [0.2, 0.25) is 0 Å². The molecule has 3 aromatic rings. The van der Waals surface area contributed by atoms with Crippen LogP contribution in [0.25, 0.3) is 0 Å². The normalized spacial score (nSPS) is 9.80. The minimum absolute atomic E-state index is 0.116. The summed E-state index contributed by atoms with van der Waals surface area (Å²) in [6.45, 7) is 13.5. The SMILES string of the molecule is CC.CC.CC(F)(F)F.CC(F)(F)F.CC(F)(F)F.CC=O.CCC(C(C)=O)c1cccc(NC(=O)OC)c1.c1ccccc1.c1ccccc1. The van der Waals surface area contributed by atoms with Gasteiger partial charge in [0.1, 0.15) is 12.1 Å². The van der Waals surface area contributed by atoms with E-state index >= 15 is 0 Å². The summed E-state index contributed by atoms with van der Waals surface area (Å²) in [5, 5.41) is 2.58. The monoisotopic (exact) mass is 747 g/mol. The fraction of sp³-hybridized carbons (Fsp3) is 0.432. The molecule has 5 nitrogen and oxygen atoms in total. The van der Waals surface area contributed by atoms with E-state index in [1.165, 1.54) is 14.0 Å². The van der Waals surface area contributed by atoms with Crippen LogP contribution in [0.5, 0.6) is 0 Å². The second kappa shape index (κ2) is 38.4. The molecule has 0 bridgehead atoms. The van der Waals surface area contributed by atoms with Crippen LogP contribution in [-0.4, -0.2) is 43.8 Å². The molecule has 1 amide bonds. The first-order valence-corrected chi connectivity index (χ1v) is 15.5. The van der Waals surface area contributed by atoms with Crippen LogP contribution in [0, 0.1) is 0 Å². The maximum absolute atomic E-state index is 11.5. The van der Waals surface area contributed by atoms with E-state index in [9.17, 15) is 49.1 Å². The van der Waals surface area contributed by atoms with Gasteiger partial charge >= 0.3 is 24.6 Å². The van der Waals surface area contributed by atoms with E-state index in [0.29, 0.717) is 5.69 Å². The van der Waals surface area contributed by atoms with Crippen LogP contribution >= 0.6 is 0 Å². The average Bonchev–Trinajstić information content (AvgIpc) is 3.04. The summed E-state index contributed by atoms with van der Waals surface area (Å²) in [5.41, 5.74) is 1.54. The predicted octanol–water partition coefficient (Wildman–Crippen LogP) is 13.3. The van der Waals surface area contributed by atoms with Gasteiger partial charge in [0.15, 0.2) is 0 Å². The molecule has 0 spiro atoms. The number of nitrogens with one attached hydrogen (secondary N) is 1. The number of amides is 1. The first kappa shape index (κ1) is 58.8. The molecule has 294 valence electrons. The first-order chi connectivity index (χ1) is 23.5. The number of carbonyl (C=O) groups excluding carboxylic acids is 3. The second-order valence-corrected chi connectivity index (χ2v) is 8.70. The van der Waals surface area contributed by atoms with Crippen molar-refractivity contribution in [3.63, 3.8) is 0 Å². The van der Waals surface area contributed by atoms with Crippen molar-refractivity contribution in [2.45, 2.75) is 100 Å². The highest BCUT2D eigenvalue weighted by atomic mass is 19.4. The fourth-order valence-corrected chi connectivity index (χ4v) is 2.53. The van der Waals surface area contributed by atoms with Crippen molar-refractivity contribution in [3.05, 3.63) is 103 Å². The summed E-state index contributed by atoms with van der Waals surface area (Å²) in [6.07, 6.45) is -11.0. The number of alkyl halides is 9. The summed E-state index contributed by atoms with van der Waals surface area (Å²) in [6, 6.07) is 31.3. The van der Waals surface area contributed by atoms with Gasteiger partial charge in [-0.25, -0.2) is 4.79 Å². The van der Waals surface area contributed by atoms with Gasteiger partial charge in [0.2, 0.25) is 0 Å². The molecule has 0 aromatic heterocycles.